The number of amides is 1. The Balaban J connectivity index is 2.43. The number of nitrogens with two attached hydrogens (primary N) is 2. The molecule has 1 aliphatic rings. The van der Waals surface area contributed by atoms with Gasteiger partial charge in [-0.15, -0.1) is 0 Å². The van der Waals surface area contributed by atoms with Gasteiger partial charge in [0.1, 0.15) is 0 Å². The Bertz CT molecular complexity index is 249. The Hall–Kier alpha value is -0.610. The highest BCUT2D eigenvalue weighted by Gasteiger charge is 2.25. The molecule has 0 spiro atoms. The van der Waals surface area contributed by atoms with E-state index in [9.17, 15) is 4.79 Å². The Labute approximate surface area is 111 Å². The van der Waals surface area contributed by atoms with Crippen LogP contribution < -0.4 is 16.8 Å². The third-order valence-electron chi connectivity index (χ3n) is 3.86. The summed E-state index contributed by atoms with van der Waals surface area (Å²) >= 11 is 0. The minimum absolute atomic E-state index is 0.0373. The first-order valence-corrected chi connectivity index (χ1v) is 7.30. The topological polar surface area (TPSA) is 81.1 Å². The molecule has 0 aliphatic heterocycles. The lowest BCUT2D eigenvalue weighted by Gasteiger charge is -2.31. The first-order chi connectivity index (χ1) is 8.54. The van der Waals surface area contributed by atoms with Crippen LogP contribution in [0, 0.1) is 11.8 Å². The second-order valence-corrected chi connectivity index (χ2v) is 5.98. The Kier molecular flexibility index (Phi) is 6.65. The largest absolute Gasteiger partial charge is 0.350 e. The number of carbonyl (C=O) groups excluding carboxylic acids is 1. The molecule has 0 radical (unpaired) electrons. The molecule has 4 nitrogen and oxygen atoms in total. The fourth-order valence-corrected chi connectivity index (χ4v) is 2.81. The van der Waals surface area contributed by atoms with Crippen LogP contribution >= 0.6 is 0 Å². The second kappa shape index (κ2) is 7.74. The molecule has 2 atom stereocenters. The zero-order valence-corrected chi connectivity index (χ0v) is 11.8. The third-order valence-corrected chi connectivity index (χ3v) is 3.86. The van der Waals surface area contributed by atoms with Gasteiger partial charge >= 0.3 is 0 Å². The van der Waals surface area contributed by atoms with Crippen molar-refractivity contribution in [2.45, 2.75) is 64.5 Å². The minimum atomic E-state index is -0.400. The molecule has 0 bridgehead atoms. The molecular weight excluding hydrogens is 226 g/mol. The highest BCUT2D eigenvalue weighted by Crippen LogP contribution is 2.26. The summed E-state index contributed by atoms with van der Waals surface area (Å²) in [6.45, 7) is 4.67. The van der Waals surface area contributed by atoms with E-state index in [1.165, 1.54) is 32.1 Å². The lowest BCUT2D eigenvalue weighted by atomic mass is 9.83. The molecule has 0 aromatic carbocycles. The normalized spacial score (nSPS) is 20.7. The van der Waals surface area contributed by atoms with Crippen molar-refractivity contribution in [1.82, 2.24) is 5.32 Å². The van der Waals surface area contributed by atoms with Crippen molar-refractivity contribution in [3.63, 3.8) is 0 Å². The van der Waals surface area contributed by atoms with Crippen molar-refractivity contribution in [1.29, 1.82) is 0 Å². The number of hydrogen-bond donors (Lipinski definition) is 3. The SMILES string of the molecule is CC(C)C[C@H](N)C(=O)NC(CN)C1CCCCC1. The highest BCUT2D eigenvalue weighted by atomic mass is 16.2. The van der Waals surface area contributed by atoms with Gasteiger partial charge in [-0.1, -0.05) is 33.1 Å². The summed E-state index contributed by atoms with van der Waals surface area (Å²) in [5, 5.41) is 3.05. The van der Waals surface area contributed by atoms with Crippen LogP contribution in [0.5, 0.6) is 0 Å². The molecule has 0 aromatic heterocycles. The van der Waals surface area contributed by atoms with E-state index >= 15 is 0 Å². The number of rotatable bonds is 6. The molecule has 1 unspecified atom stereocenters. The molecule has 1 amide bonds. The van der Waals surface area contributed by atoms with Crippen molar-refractivity contribution < 1.29 is 4.79 Å². The fraction of sp³-hybridized carbons (Fsp3) is 0.929. The number of nitrogens with one attached hydrogen (secondary N) is 1. The highest BCUT2D eigenvalue weighted by molar-refractivity contribution is 5.81. The summed E-state index contributed by atoms with van der Waals surface area (Å²) in [5.74, 6) is 0.945. The van der Waals surface area contributed by atoms with E-state index in [2.05, 4.69) is 19.2 Å². The Morgan fingerprint density at radius 3 is 2.39 bits per heavy atom. The average Bonchev–Trinajstić information content (AvgIpc) is 2.35. The number of carbonyl (C=O) groups is 1. The van der Waals surface area contributed by atoms with E-state index < -0.39 is 6.04 Å². The zero-order chi connectivity index (χ0) is 13.5. The Morgan fingerprint density at radius 1 is 1.28 bits per heavy atom. The monoisotopic (exact) mass is 255 g/mol. The quantitative estimate of drug-likeness (QED) is 0.671. The molecule has 18 heavy (non-hydrogen) atoms. The van der Waals surface area contributed by atoms with Crippen LogP contribution in [-0.2, 0) is 4.79 Å². The minimum Gasteiger partial charge on any atom is -0.350 e. The maximum Gasteiger partial charge on any atom is 0.237 e. The second-order valence-electron chi connectivity index (χ2n) is 5.98. The van der Waals surface area contributed by atoms with Crippen LogP contribution in [0.2, 0.25) is 0 Å². The first kappa shape index (κ1) is 15.4. The van der Waals surface area contributed by atoms with E-state index in [1.54, 1.807) is 0 Å². The average molecular weight is 255 g/mol. The summed E-state index contributed by atoms with van der Waals surface area (Å²) in [7, 11) is 0. The van der Waals surface area contributed by atoms with E-state index in [1.807, 2.05) is 0 Å². The number of hydrogen-bond acceptors (Lipinski definition) is 3. The third kappa shape index (κ3) is 4.94. The smallest absolute Gasteiger partial charge is 0.237 e. The molecule has 1 rings (SSSR count). The van der Waals surface area contributed by atoms with Crippen molar-refractivity contribution in [3.8, 4) is 0 Å². The molecule has 1 saturated carbocycles. The van der Waals surface area contributed by atoms with Gasteiger partial charge in [-0.3, -0.25) is 4.79 Å². The van der Waals surface area contributed by atoms with Crippen LogP contribution in [-0.4, -0.2) is 24.5 Å². The van der Waals surface area contributed by atoms with E-state index in [0.717, 1.165) is 6.42 Å². The lowest BCUT2D eigenvalue weighted by Crippen LogP contribution is -2.51. The molecule has 4 heteroatoms. The first-order valence-electron chi connectivity index (χ1n) is 7.30. The van der Waals surface area contributed by atoms with Gasteiger partial charge in [0.2, 0.25) is 5.91 Å². The molecule has 0 saturated heterocycles. The van der Waals surface area contributed by atoms with Gasteiger partial charge in [-0.25, -0.2) is 0 Å². The van der Waals surface area contributed by atoms with Gasteiger partial charge in [0.25, 0.3) is 0 Å². The summed E-state index contributed by atoms with van der Waals surface area (Å²) < 4.78 is 0. The molecule has 1 fully saturated rings. The van der Waals surface area contributed by atoms with Gasteiger partial charge < -0.3 is 16.8 Å². The molecule has 5 N–H and O–H groups in total. The summed E-state index contributed by atoms with van der Waals surface area (Å²) in [6.07, 6.45) is 6.93. The summed E-state index contributed by atoms with van der Waals surface area (Å²) in [5.41, 5.74) is 11.7. The zero-order valence-electron chi connectivity index (χ0n) is 11.8. The Morgan fingerprint density at radius 2 is 1.89 bits per heavy atom. The van der Waals surface area contributed by atoms with Crippen LogP contribution in [0.4, 0.5) is 0 Å². The van der Waals surface area contributed by atoms with E-state index in [4.69, 9.17) is 11.5 Å². The van der Waals surface area contributed by atoms with Crippen LogP contribution in [0.25, 0.3) is 0 Å². The van der Waals surface area contributed by atoms with E-state index in [-0.39, 0.29) is 11.9 Å². The predicted molar refractivity (Wildman–Crippen MR) is 75.0 cm³/mol. The van der Waals surface area contributed by atoms with Gasteiger partial charge in [0.15, 0.2) is 0 Å². The van der Waals surface area contributed by atoms with Crippen molar-refractivity contribution in [2.24, 2.45) is 23.3 Å². The lowest BCUT2D eigenvalue weighted by molar-refractivity contribution is -0.123. The van der Waals surface area contributed by atoms with Gasteiger partial charge in [0, 0.05) is 12.6 Å². The predicted octanol–water partition coefficient (Wildman–Crippen LogP) is 1.38. The van der Waals surface area contributed by atoms with Crippen molar-refractivity contribution >= 4 is 5.91 Å². The summed E-state index contributed by atoms with van der Waals surface area (Å²) in [4.78, 5) is 12.0. The van der Waals surface area contributed by atoms with Crippen LogP contribution in [0.1, 0.15) is 52.4 Å². The van der Waals surface area contributed by atoms with Crippen LogP contribution in [0.3, 0.4) is 0 Å². The van der Waals surface area contributed by atoms with Gasteiger partial charge in [0.05, 0.1) is 6.04 Å². The van der Waals surface area contributed by atoms with Crippen LogP contribution in [0.15, 0.2) is 0 Å². The maximum atomic E-state index is 12.0. The molecule has 0 aromatic rings. The maximum absolute atomic E-state index is 12.0. The van der Waals surface area contributed by atoms with Crippen molar-refractivity contribution in [3.05, 3.63) is 0 Å². The molecule has 0 heterocycles. The summed E-state index contributed by atoms with van der Waals surface area (Å²) in [6, 6.07) is -0.293. The van der Waals surface area contributed by atoms with E-state index in [0.29, 0.717) is 18.4 Å². The van der Waals surface area contributed by atoms with Gasteiger partial charge in [-0.05, 0) is 31.1 Å². The van der Waals surface area contributed by atoms with Crippen molar-refractivity contribution in [2.75, 3.05) is 6.54 Å². The standard InChI is InChI=1S/C14H29N3O/c1-10(2)8-12(16)14(18)17-13(9-15)11-6-4-3-5-7-11/h10-13H,3-9,15-16H2,1-2H3,(H,17,18)/t12-,13?/m0/s1. The van der Waals surface area contributed by atoms with Gasteiger partial charge in [-0.2, -0.15) is 0 Å². The molecule has 106 valence electrons. The fourth-order valence-electron chi connectivity index (χ4n) is 2.81. The molecule has 1 aliphatic carbocycles. The molecular formula is C14H29N3O.